The van der Waals surface area contributed by atoms with Crippen molar-refractivity contribution >= 4 is 6.09 Å². The van der Waals surface area contributed by atoms with Crippen molar-refractivity contribution in [3.63, 3.8) is 0 Å². The number of likely N-dealkylation sites (tertiary alicyclic amines) is 1. The fourth-order valence-electron chi connectivity index (χ4n) is 3.69. The third-order valence-electron chi connectivity index (χ3n) is 4.98. The van der Waals surface area contributed by atoms with Gasteiger partial charge in [0.25, 0.3) is 0 Å². The van der Waals surface area contributed by atoms with Crippen LogP contribution in [-0.4, -0.2) is 48.4 Å². The Kier molecular flexibility index (Phi) is 4.58. The number of carbonyl (C=O) groups excluding carboxylic acids is 1. The molecule has 1 amide bonds. The molecule has 5 heteroatoms. The molecule has 1 aromatic rings. The number of rotatable bonds is 3. The second-order valence-corrected chi connectivity index (χ2v) is 8.01. The summed E-state index contributed by atoms with van der Waals surface area (Å²) >= 11 is 0. The highest BCUT2D eigenvalue weighted by Crippen LogP contribution is 2.38. The van der Waals surface area contributed by atoms with Gasteiger partial charge in [0.2, 0.25) is 0 Å². The summed E-state index contributed by atoms with van der Waals surface area (Å²) in [5, 5.41) is 3.12. The van der Waals surface area contributed by atoms with E-state index in [2.05, 4.69) is 41.4 Å². The predicted molar refractivity (Wildman–Crippen MR) is 92.8 cm³/mol. The van der Waals surface area contributed by atoms with E-state index >= 15 is 0 Å². The van der Waals surface area contributed by atoms with Crippen LogP contribution < -0.4 is 5.32 Å². The molecule has 2 saturated heterocycles. The molecule has 5 nitrogen and oxygen atoms in total. The summed E-state index contributed by atoms with van der Waals surface area (Å²) in [5.41, 5.74) is 0.460. The molecule has 0 radical (unpaired) electrons. The van der Waals surface area contributed by atoms with Crippen molar-refractivity contribution in [1.29, 1.82) is 0 Å². The molecule has 0 aromatic heterocycles. The molecular formula is C19H28N2O3. The molecule has 3 atom stereocenters. The van der Waals surface area contributed by atoms with Crippen molar-refractivity contribution in [3.8, 4) is 0 Å². The van der Waals surface area contributed by atoms with Gasteiger partial charge in [-0.25, -0.2) is 4.79 Å². The first-order chi connectivity index (χ1) is 11.3. The van der Waals surface area contributed by atoms with Gasteiger partial charge in [-0.1, -0.05) is 30.3 Å². The fourth-order valence-corrected chi connectivity index (χ4v) is 3.69. The molecule has 132 valence electrons. The van der Waals surface area contributed by atoms with Crippen molar-refractivity contribution in [2.24, 2.45) is 5.92 Å². The summed E-state index contributed by atoms with van der Waals surface area (Å²) in [5.74, 6) is 0.302. The van der Waals surface area contributed by atoms with Crippen LogP contribution in [0.3, 0.4) is 0 Å². The van der Waals surface area contributed by atoms with Gasteiger partial charge in [0.15, 0.2) is 0 Å². The minimum atomic E-state index is -0.495. The van der Waals surface area contributed by atoms with Crippen molar-refractivity contribution in [2.75, 3.05) is 26.3 Å². The van der Waals surface area contributed by atoms with E-state index in [1.165, 1.54) is 5.56 Å². The molecule has 0 bridgehead atoms. The Hall–Kier alpha value is -1.59. The maximum Gasteiger partial charge on any atom is 0.408 e. The molecule has 1 N–H and O–H groups in total. The molecule has 2 aliphatic heterocycles. The summed E-state index contributed by atoms with van der Waals surface area (Å²) in [4.78, 5) is 14.7. The first-order valence-corrected chi connectivity index (χ1v) is 8.67. The lowest BCUT2D eigenvalue weighted by Gasteiger charge is -2.31. The van der Waals surface area contributed by atoms with Crippen LogP contribution in [0.5, 0.6) is 0 Å². The van der Waals surface area contributed by atoms with Crippen LogP contribution in [0.15, 0.2) is 30.3 Å². The van der Waals surface area contributed by atoms with Crippen LogP contribution in [-0.2, 0) is 9.47 Å². The Labute approximate surface area is 144 Å². The van der Waals surface area contributed by atoms with Crippen molar-refractivity contribution < 1.29 is 14.3 Å². The van der Waals surface area contributed by atoms with Crippen molar-refractivity contribution in [1.82, 2.24) is 10.2 Å². The Bertz CT molecular complexity index is 584. The first kappa shape index (κ1) is 17.2. The van der Waals surface area contributed by atoms with E-state index in [0.29, 0.717) is 25.2 Å². The lowest BCUT2D eigenvalue weighted by molar-refractivity contribution is 0.0425. The summed E-state index contributed by atoms with van der Waals surface area (Å²) < 4.78 is 11.1. The van der Waals surface area contributed by atoms with E-state index in [4.69, 9.17) is 9.47 Å². The van der Waals surface area contributed by atoms with Crippen LogP contribution in [0, 0.1) is 5.92 Å². The van der Waals surface area contributed by atoms with E-state index in [-0.39, 0.29) is 11.6 Å². The zero-order chi connectivity index (χ0) is 17.4. The Morgan fingerprint density at radius 3 is 2.75 bits per heavy atom. The van der Waals surface area contributed by atoms with Gasteiger partial charge in [-0.05, 0) is 33.3 Å². The number of hydrogen-bond acceptors (Lipinski definition) is 4. The monoisotopic (exact) mass is 332 g/mol. The number of alkyl carbamates (subject to hydrolysis) is 1. The summed E-state index contributed by atoms with van der Waals surface area (Å²) in [7, 11) is 0. The van der Waals surface area contributed by atoms with Crippen LogP contribution in [0.1, 0.15) is 39.3 Å². The number of amides is 1. The lowest BCUT2D eigenvalue weighted by Crippen LogP contribution is -2.55. The predicted octanol–water partition coefficient (Wildman–Crippen LogP) is 2.97. The zero-order valence-corrected chi connectivity index (χ0v) is 15.0. The van der Waals surface area contributed by atoms with Gasteiger partial charge in [-0.3, -0.25) is 4.90 Å². The fraction of sp³-hybridized carbons (Fsp3) is 0.632. The molecule has 0 aliphatic carbocycles. The maximum absolute atomic E-state index is 12.3. The van der Waals surface area contributed by atoms with Gasteiger partial charge in [-0.2, -0.15) is 0 Å². The molecule has 2 fully saturated rings. The SMILES string of the molecule is C[C@H](c1ccccc1)N1CC2COC[C@@]2(NC(=O)OC(C)(C)C)C1. The smallest absolute Gasteiger partial charge is 0.408 e. The van der Waals surface area contributed by atoms with E-state index in [1.54, 1.807) is 0 Å². The van der Waals surface area contributed by atoms with E-state index in [1.807, 2.05) is 26.8 Å². The van der Waals surface area contributed by atoms with Crippen molar-refractivity contribution in [2.45, 2.75) is 44.9 Å². The highest BCUT2D eigenvalue weighted by atomic mass is 16.6. The van der Waals surface area contributed by atoms with Gasteiger partial charge in [0.05, 0.1) is 18.8 Å². The largest absolute Gasteiger partial charge is 0.444 e. The van der Waals surface area contributed by atoms with Crippen molar-refractivity contribution in [3.05, 3.63) is 35.9 Å². The molecule has 1 unspecified atom stereocenters. The standard InChI is InChI=1S/C19H28N2O3/c1-14(15-8-6-5-7-9-15)21-10-16-11-23-13-19(16,12-21)20-17(22)24-18(2,3)4/h5-9,14,16H,10-13H2,1-4H3,(H,20,22)/t14-,16?,19+/m1/s1. The highest BCUT2D eigenvalue weighted by molar-refractivity contribution is 5.69. The Balaban J connectivity index is 1.70. The number of hydrogen-bond donors (Lipinski definition) is 1. The second-order valence-electron chi connectivity index (χ2n) is 8.01. The molecule has 3 rings (SSSR count). The summed E-state index contributed by atoms with van der Waals surface area (Å²) in [6, 6.07) is 10.8. The number of carbonyl (C=O) groups is 1. The van der Waals surface area contributed by atoms with Gasteiger partial charge < -0.3 is 14.8 Å². The summed E-state index contributed by atoms with van der Waals surface area (Å²) in [6.07, 6.45) is -0.354. The highest BCUT2D eigenvalue weighted by Gasteiger charge is 2.53. The molecule has 1 aromatic carbocycles. The average molecular weight is 332 g/mol. The maximum atomic E-state index is 12.3. The number of nitrogens with one attached hydrogen (secondary N) is 1. The lowest BCUT2D eigenvalue weighted by atomic mass is 9.91. The van der Waals surface area contributed by atoms with Crippen LogP contribution in [0.25, 0.3) is 0 Å². The number of benzene rings is 1. The molecule has 0 spiro atoms. The second kappa shape index (κ2) is 6.37. The Morgan fingerprint density at radius 2 is 2.08 bits per heavy atom. The molecular weight excluding hydrogens is 304 g/mol. The quantitative estimate of drug-likeness (QED) is 0.924. The van der Waals surface area contributed by atoms with Crippen LogP contribution in [0.4, 0.5) is 4.79 Å². The van der Waals surface area contributed by atoms with Gasteiger partial charge in [0.1, 0.15) is 5.60 Å². The normalized spacial score (nSPS) is 28.4. The van der Waals surface area contributed by atoms with Gasteiger partial charge >= 0.3 is 6.09 Å². The zero-order valence-electron chi connectivity index (χ0n) is 15.0. The Morgan fingerprint density at radius 1 is 1.38 bits per heavy atom. The van der Waals surface area contributed by atoms with Crippen LogP contribution in [0.2, 0.25) is 0 Å². The third-order valence-corrected chi connectivity index (χ3v) is 4.98. The average Bonchev–Trinajstić information content (AvgIpc) is 3.01. The molecule has 0 saturated carbocycles. The van der Waals surface area contributed by atoms with Gasteiger partial charge in [0, 0.05) is 25.0 Å². The van der Waals surface area contributed by atoms with Crippen LogP contribution >= 0.6 is 0 Å². The van der Waals surface area contributed by atoms with E-state index in [9.17, 15) is 4.79 Å². The first-order valence-electron chi connectivity index (χ1n) is 8.67. The van der Waals surface area contributed by atoms with Gasteiger partial charge in [-0.15, -0.1) is 0 Å². The number of fused-ring (bicyclic) bond motifs is 1. The molecule has 2 heterocycles. The number of ether oxygens (including phenoxy) is 2. The third kappa shape index (κ3) is 3.57. The molecule has 2 aliphatic rings. The summed E-state index contributed by atoms with van der Waals surface area (Å²) in [6.45, 7) is 10.8. The topological polar surface area (TPSA) is 50.8 Å². The molecule has 24 heavy (non-hydrogen) atoms. The number of nitrogens with zero attached hydrogens (tertiary/aromatic N) is 1. The van der Waals surface area contributed by atoms with E-state index in [0.717, 1.165) is 13.1 Å². The minimum absolute atomic E-state index is 0.302. The van der Waals surface area contributed by atoms with E-state index < -0.39 is 5.60 Å². The minimum Gasteiger partial charge on any atom is -0.444 e.